The number of amides is 1. The second-order valence-corrected chi connectivity index (χ2v) is 9.38. The molecule has 0 saturated heterocycles. The highest BCUT2D eigenvalue weighted by molar-refractivity contribution is 7.92. The average molecular weight is 453 g/mol. The molecule has 168 valence electrons. The third kappa shape index (κ3) is 5.68. The number of hydrogen-bond donors (Lipinski definition) is 2. The van der Waals surface area contributed by atoms with Gasteiger partial charge in [0, 0.05) is 11.4 Å². The van der Waals surface area contributed by atoms with Crippen molar-refractivity contribution in [2.24, 2.45) is 0 Å². The molecule has 0 aromatic heterocycles. The largest absolute Gasteiger partial charge is 0.480 e. The van der Waals surface area contributed by atoms with E-state index in [0.29, 0.717) is 23.5 Å². The van der Waals surface area contributed by atoms with Gasteiger partial charge in [0.15, 0.2) is 6.10 Å². The van der Waals surface area contributed by atoms with Gasteiger partial charge in [0.1, 0.15) is 5.75 Å². The van der Waals surface area contributed by atoms with Crippen LogP contribution < -0.4 is 14.8 Å². The van der Waals surface area contributed by atoms with Crippen LogP contribution in [0.15, 0.2) is 71.6 Å². The van der Waals surface area contributed by atoms with E-state index in [1.807, 2.05) is 58.0 Å². The van der Waals surface area contributed by atoms with Gasteiger partial charge in [-0.15, -0.1) is 0 Å². The first kappa shape index (κ1) is 23.3. The van der Waals surface area contributed by atoms with Crippen molar-refractivity contribution in [1.82, 2.24) is 0 Å². The van der Waals surface area contributed by atoms with Gasteiger partial charge < -0.3 is 10.1 Å². The van der Waals surface area contributed by atoms with Gasteiger partial charge in [0.2, 0.25) is 0 Å². The minimum absolute atomic E-state index is 0.106. The number of hydrogen-bond acceptors (Lipinski definition) is 4. The van der Waals surface area contributed by atoms with Crippen molar-refractivity contribution < 1.29 is 17.9 Å². The minimum Gasteiger partial charge on any atom is -0.480 e. The summed E-state index contributed by atoms with van der Waals surface area (Å²) < 4.78 is 33.7. The van der Waals surface area contributed by atoms with Crippen LogP contribution >= 0.6 is 0 Å². The van der Waals surface area contributed by atoms with E-state index in [9.17, 15) is 13.2 Å². The summed E-state index contributed by atoms with van der Waals surface area (Å²) in [6, 6.07) is 18.9. The third-order valence-corrected chi connectivity index (χ3v) is 6.62. The Kier molecular flexibility index (Phi) is 7.20. The number of sulfonamides is 1. The second-order valence-electron chi connectivity index (χ2n) is 7.70. The first-order chi connectivity index (χ1) is 15.2. The van der Waals surface area contributed by atoms with Crippen LogP contribution in [-0.4, -0.2) is 20.4 Å². The van der Waals surface area contributed by atoms with Crippen molar-refractivity contribution in [3.05, 3.63) is 83.4 Å². The van der Waals surface area contributed by atoms with Crippen LogP contribution in [0.3, 0.4) is 0 Å². The molecule has 3 aromatic carbocycles. The van der Waals surface area contributed by atoms with Crippen molar-refractivity contribution in [3.63, 3.8) is 0 Å². The lowest BCUT2D eigenvalue weighted by atomic mass is 10.1. The van der Waals surface area contributed by atoms with E-state index in [2.05, 4.69) is 10.0 Å². The Balaban J connectivity index is 1.67. The predicted octanol–water partition coefficient (Wildman–Crippen LogP) is 5.21. The van der Waals surface area contributed by atoms with Crippen molar-refractivity contribution in [1.29, 1.82) is 0 Å². The predicted molar refractivity (Wildman–Crippen MR) is 128 cm³/mol. The van der Waals surface area contributed by atoms with Gasteiger partial charge in [-0.1, -0.05) is 36.8 Å². The average Bonchev–Trinajstić information content (AvgIpc) is 2.76. The zero-order chi connectivity index (χ0) is 23.3. The number of carbonyl (C=O) groups is 1. The highest BCUT2D eigenvalue weighted by Gasteiger charge is 2.20. The van der Waals surface area contributed by atoms with Crippen molar-refractivity contribution in [2.75, 3.05) is 10.0 Å². The van der Waals surface area contributed by atoms with Crippen LogP contribution in [0.2, 0.25) is 0 Å². The van der Waals surface area contributed by atoms with Crippen molar-refractivity contribution >= 4 is 27.3 Å². The lowest BCUT2D eigenvalue weighted by molar-refractivity contribution is -0.122. The molecule has 1 atom stereocenters. The zero-order valence-corrected chi connectivity index (χ0v) is 19.5. The zero-order valence-electron chi connectivity index (χ0n) is 18.7. The Morgan fingerprint density at radius 3 is 2.16 bits per heavy atom. The smallest absolute Gasteiger partial charge is 0.265 e. The van der Waals surface area contributed by atoms with Crippen LogP contribution in [0, 0.1) is 20.8 Å². The fraction of sp³-hybridized carbons (Fsp3) is 0.240. The summed E-state index contributed by atoms with van der Waals surface area (Å²) in [6.07, 6.45) is -0.172. The van der Waals surface area contributed by atoms with E-state index < -0.39 is 16.1 Å². The topological polar surface area (TPSA) is 84.5 Å². The molecule has 0 radical (unpaired) electrons. The maximum Gasteiger partial charge on any atom is 0.265 e. The standard InChI is InChI=1S/C25H28N2O4S/c1-5-23(31-24-8-6-7-18(3)19(24)4)25(28)26-20-13-15-22(16-14-20)32(29,30)27-21-11-9-17(2)10-12-21/h6-16,23,27H,5H2,1-4H3,(H,26,28)/t23-/m0/s1. The van der Waals surface area contributed by atoms with E-state index in [-0.39, 0.29) is 10.8 Å². The van der Waals surface area contributed by atoms with E-state index >= 15 is 0 Å². The molecular formula is C25H28N2O4S. The molecule has 6 nitrogen and oxygen atoms in total. The lowest BCUT2D eigenvalue weighted by Gasteiger charge is -2.19. The lowest BCUT2D eigenvalue weighted by Crippen LogP contribution is -2.32. The SMILES string of the molecule is CC[C@H](Oc1cccc(C)c1C)C(=O)Nc1ccc(S(=O)(=O)Nc2ccc(C)cc2)cc1. The highest BCUT2D eigenvalue weighted by Crippen LogP contribution is 2.23. The molecule has 7 heteroatoms. The summed E-state index contributed by atoms with van der Waals surface area (Å²) in [5.41, 5.74) is 4.11. The quantitative estimate of drug-likeness (QED) is 0.491. The Morgan fingerprint density at radius 2 is 1.53 bits per heavy atom. The summed E-state index contributed by atoms with van der Waals surface area (Å²) in [5, 5.41) is 2.80. The van der Waals surface area contributed by atoms with E-state index in [4.69, 9.17) is 4.74 Å². The Morgan fingerprint density at radius 1 is 0.906 bits per heavy atom. The first-order valence-electron chi connectivity index (χ1n) is 10.4. The first-order valence-corrected chi connectivity index (χ1v) is 11.9. The molecule has 1 amide bonds. The Labute approximate surface area is 189 Å². The molecule has 2 N–H and O–H groups in total. The number of rotatable bonds is 8. The summed E-state index contributed by atoms with van der Waals surface area (Å²) in [7, 11) is -3.73. The molecule has 3 aromatic rings. The molecular weight excluding hydrogens is 424 g/mol. The van der Waals surface area contributed by atoms with Gasteiger partial charge in [0.25, 0.3) is 15.9 Å². The molecule has 0 fully saturated rings. The summed E-state index contributed by atoms with van der Waals surface area (Å²) in [6.45, 7) is 7.76. The maximum absolute atomic E-state index is 12.7. The molecule has 0 aliphatic carbocycles. The van der Waals surface area contributed by atoms with Crippen LogP contribution in [0.5, 0.6) is 5.75 Å². The van der Waals surface area contributed by atoms with E-state index in [0.717, 1.165) is 16.7 Å². The van der Waals surface area contributed by atoms with Crippen molar-refractivity contribution in [2.45, 2.75) is 45.1 Å². The monoisotopic (exact) mass is 452 g/mol. The van der Waals surface area contributed by atoms with Crippen LogP contribution in [-0.2, 0) is 14.8 Å². The molecule has 0 saturated carbocycles. The number of benzene rings is 3. The van der Waals surface area contributed by atoms with Gasteiger partial charge in [-0.2, -0.15) is 0 Å². The molecule has 0 bridgehead atoms. The van der Waals surface area contributed by atoms with E-state index in [1.165, 1.54) is 12.1 Å². The molecule has 32 heavy (non-hydrogen) atoms. The molecule has 0 aliphatic rings. The third-order valence-electron chi connectivity index (χ3n) is 5.22. The normalized spacial score (nSPS) is 12.1. The van der Waals surface area contributed by atoms with Gasteiger partial charge in [-0.25, -0.2) is 8.42 Å². The maximum atomic E-state index is 12.7. The van der Waals surface area contributed by atoms with Gasteiger partial charge >= 0.3 is 0 Å². The molecule has 0 spiro atoms. The molecule has 3 rings (SSSR count). The molecule has 0 unspecified atom stereocenters. The number of ether oxygens (including phenoxy) is 1. The Hall–Kier alpha value is -3.32. The summed E-state index contributed by atoms with van der Waals surface area (Å²) >= 11 is 0. The van der Waals surface area contributed by atoms with E-state index in [1.54, 1.807) is 24.3 Å². The van der Waals surface area contributed by atoms with Gasteiger partial charge in [0.05, 0.1) is 4.90 Å². The number of aryl methyl sites for hydroxylation is 2. The second kappa shape index (κ2) is 9.87. The molecule has 0 aliphatic heterocycles. The Bertz CT molecular complexity index is 1190. The summed E-state index contributed by atoms with van der Waals surface area (Å²) in [5.74, 6) is 0.386. The fourth-order valence-electron chi connectivity index (χ4n) is 3.10. The highest BCUT2D eigenvalue weighted by atomic mass is 32.2. The van der Waals surface area contributed by atoms with Crippen LogP contribution in [0.1, 0.15) is 30.0 Å². The summed E-state index contributed by atoms with van der Waals surface area (Å²) in [4.78, 5) is 12.8. The minimum atomic E-state index is -3.73. The van der Waals surface area contributed by atoms with Gasteiger partial charge in [-0.05, 0) is 80.8 Å². The van der Waals surface area contributed by atoms with Crippen LogP contribution in [0.25, 0.3) is 0 Å². The fourth-order valence-corrected chi connectivity index (χ4v) is 4.16. The number of carbonyl (C=O) groups excluding carboxylic acids is 1. The number of nitrogens with one attached hydrogen (secondary N) is 2. The van der Waals surface area contributed by atoms with Crippen molar-refractivity contribution in [3.8, 4) is 5.75 Å². The molecule has 0 heterocycles. The van der Waals surface area contributed by atoms with Gasteiger partial charge in [-0.3, -0.25) is 9.52 Å². The number of anilines is 2. The van der Waals surface area contributed by atoms with Crippen LogP contribution in [0.4, 0.5) is 11.4 Å².